The van der Waals surface area contributed by atoms with Gasteiger partial charge in [-0.3, -0.25) is 9.78 Å². The molecule has 0 saturated heterocycles. The molecule has 0 spiro atoms. The van der Waals surface area contributed by atoms with Crippen LogP contribution in [0.15, 0.2) is 54.7 Å². The monoisotopic (exact) mass is 376 g/mol. The summed E-state index contributed by atoms with van der Waals surface area (Å²) >= 11 is 0. The fraction of sp³-hybridized carbons (Fsp3) is 0.304. The number of fused-ring (bicyclic) bond motifs is 1. The topological polar surface area (TPSA) is 60.5 Å². The van der Waals surface area contributed by atoms with Gasteiger partial charge in [0.15, 0.2) is 0 Å². The molecule has 3 aromatic rings. The molecule has 1 fully saturated rings. The molecule has 5 heteroatoms. The van der Waals surface area contributed by atoms with E-state index in [9.17, 15) is 4.79 Å². The summed E-state index contributed by atoms with van der Waals surface area (Å²) in [6.07, 6.45) is 5.13. The first-order valence-corrected chi connectivity index (χ1v) is 9.69. The van der Waals surface area contributed by atoms with Crippen molar-refractivity contribution in [2.24, 2.45) is 5.92 Å². The zero-order valence-electron chi connectivity index (χ0n) is 16.0. The van der Waals surface area contributed by atoms with Crippen molar-refractivity contribution in [1.82, 2.24) is 10.3 Å². The summed E-state index contributed by atoms with van der Waals surface area (Å²) in [5.74, 6) is 3.15. The Morgan fingerprint density at radius 2 is 1.79 bits per heavy atom. The van der Waals surface area contributed by atoms with Crippen molar-refractivity contribution in [3.05, 3.63) is 60.4 Å². The van der Waals surface area contributed by atoms with Crippen molar-refractivity contribution in [2.75, 3.05) is 13.2 Å². The molecule has 0 bridgehead atoms. The van der Waals surface area contributed by atoms with E-state index in [1.165, 1.54) is 19.8 Å². The second-order valence-electron chi connectivity index (χ2n) is 7.25. The van der Waals surface area contributed by atoms with Gasteiger partial charge in [-0.05, 0) is 66.6 Å². The predicted molar refractivity (Wildman–Crippen MR) is 109 cm³/mol. The summed E-state index contributed by atoms with van der Waals surface area (Å²) in [5.41, 5.74) is 0.955. The summed E-state index contributed by atoms with van der Waals surface area (Å²) in [7, 11) is 0. The molecule has 1 amide bonds. The number of aromatic nitrogens is 1. The maximum absolute atomic E-state index is 11.0. The van der Waals surface area contributed by atoms with Crippen LogP contribution in [0, 0.1) is 5.92 Å². The number of ether oxygens (including phenoxy) is 2. The highest BCUT2D eigenvalue weighted by Crippen LogP contribution is 2.31. The zero-order chi connectivity index (χ0) is 19.3. The van der Waals surface area contributed by atoms with Crippen LogP contribution < -0.4 is 14.8 Å². The molecule has 0 radical (unpaired) electrons. The molecule has 0 aliphatic heterocycles. The quantitative estimate of drug-likeness (QED) is 0.629. The molecule has 144 valence electrons. The van der Waals surface area contributed by atoms with Crippen LogP contribution >= 0.6 is 0 Å². The lowest BCUT2D eigenvalue weighted by atomic mass is 10.1. The van der Waals surface area contributed by atoms with Crippen LogP contribution in [-0.4, -0.2) is 24.0 Å². The minimum absolute atomic E-state index is 0.0231. The predicted octanol–water partition coefficient (Wildman–Crippen LogP) is 4.49. The highest BCUT2D eigenvalue weighted by atomic mass is 16.5. The number of carbonyl (C=O) groups is 1. The van der Waals surface area contributed by atoms with Gasteiger partial charge in [-0.1, -0.05) is 6.07 Å². The van der Waals surface area contributed by atoms with Crippen molar-refractivity contribution >= 4 is 16.7 Å². The van der Waals surface area contributed by atoms with Crippen LogP contribution in [0.2, 0.25) is 0 Å². The molecule has 28 heavy (non-hydrogen) atoms. The average Bonchev–Trinajstić information content (AvgIpc) is 3.52. The normalized spacial score (nSPS) is 13.3. The second-order valence-corrected chi connectivity index (χ2v) is 7.25. The first kappa shape index (κ1) is 18.3. The van der Waals surface area contributed by atoms with Gasteiger partial charge in [0.1, 0.15) is 17.2 Å². The lowest BCUT2D eigenvalue weighted by Gasteiger charge is -2.09. The van der Waals surface area contributed by atoms with Gasteiger partial charge >= 0.3 is 0 Å². The van der Waals surface area contributed by atoms with Gasteiger partial charge in [-0.15, -0.1) is 0 Å². The Kier molecular flexibility index (Phi) is 5.42. The molecule has 1 aliphatic carbocycles. The number of nitrogens with zero attached hydrogens (tertiary/aromatic N) is 1. The third kappa shape index (κ3) is 5.00. The SMILES string of the molecule is CC(=O)NCCc1cc2ccc(Oc3ccc(OCC4CC4)cc3)cc2cn1. The molecule has 1 aliphatic rings. The summed E-state index contributed by atoms with van der Waals surface area (Å²) in [6.45, 7) is 2.92. The number of benzene rings is 2. The second kappa shape index (κ2) is 8.30. The van der Waals surface area contributed by atoms with Crippen molar-refractivity contribution in [3.63, 3.8) is 0 Å². The summed E-state index contributed by atoms with van der Waals surface area (Å²) in [4.78, 5) is 15.4. The van der Waals surface area contributed by atoms with Crippen LogP contribution in [0.1, 0.15) is 25.5 Å². The first-order chi connectivity index (χ1) is 13.7. The molecule has 1 saturated carbocycles. The van der Waals surface area contributed by atoms with Crippen LogP contribution in [-0.2, 0) is 11.2 Å². The van der Waals surface area contributed by atoms with Gasteiger partial charge in [0.2, 0.25) is 5.91 Å². The van der Waals surface area contributed by atoms with Gasteiger partial charge in [0.25, 0.3) is 0 Å². The average molecular weight is 376 g/mol. The maximum Gasteiger partial charge on any atom is 0.216 e. The summed E-state index contributed by atoms with van der Waals surface area (Å²) in [6, 6.07) is 15.8. The molecule has 4 rings (SSSR count). The van der Waals surface area contributed by atoms with E-state index < -0.39 is 0 Å². The fourth-order valence-corrected chi connectivity index (χ4v) is 2.97. The smallest absolute Gasteiger partial charge is 0.216 e. The number of pyridine rings is 1. The Bertz CT molecular complexity index is 965. The van der Waals surface area contributed by atoms with Gasteiger partial charge in [-0.2, -0.15) is 0 Å². The van der Waals surface area contributed by atoms with Gasteiger partial charge in [0.05, 0.1) is 6.61 Å². The number of nitrogens with one attached hydrogen (secondary N) is 1. The minimum atomic E-state index is -0.0231. The zero-order valence-corrected chi connectivity index (χ0v) is 16.0. The Morgan fingerprint density at radius 3 is 2.54 bits per heavy atom. The molecular weight excluding hydrogens is 352 g/mol. The largest absolute Gasteiger partial charge is 0.493 e. The number of carbonyl (C=O) groups excluding carboxylic acids is 1. The Balaban J connectivity index is 1.38. The van der Waals surface area contributed by atoms with Crippen molar-refractivity contribution in [3.8, 4) is 17.2 Å². The highest BCUT2D eigenvalue weighted by molar-refractivity contribution is 5.83. The van der Waals surface area contributed by atoms with Gasteiger partial charge in [-0.25, -0.2) is 0 Å². The van der Waals surface area contributed by atoms with E-state index in [0.717, 1.165) is 46.2 Å². The standard InChI is InChI=1S/C23H24N2O3/c1-16(26)24-11-10-20-12-18-4-5-23(13-19(18)14-25-20)28-22-8-6-21(7-9-22)27-15-17-2-3-17/h4-9,12-14,17H,2-3,10-11,15H2,1H3,(H,24,26). The van der Waals surface area contributed by atoms with Crippen molar-refractivity contribution < 1.29 is 14.3 Å². The summed E-state index contributed by atoms with van der Waals surface area (Å²) < 4.78 is 11.7. The third-order valence-electron chi connectivity index (χ3n) is 4.75. The van der Waals surface area contributed by atoms with E-state index in [1.807, 2.05) is 54.7 Å². The Hall–Kier alpha value is -3.08. The third-order valence-corrected chi connectivity index (χ3v) is 4.75. The molecule has 0 unspecified atom stereocenters. The molecular formula is C23H24N2O3. The number of hydrogen-bond donors (Lipinski definition) is 1. The molecule has 1 aromatic heterocycles. The van der Waals surface area contributed by atoms with E-state index in [2.05, 4.69) is 10.3 Å². The molecule has 2 aromatic carbocycles. The Labute approximate surface area is 164 Å². The molecule has 1 heterocycles. The van der Waals surface area contributed by atoms with Crippen LogP contribution in [0.3, 0.4) is 0 Å². The highest BCUT2D eigenvalue weighted by Gasteiger charge is 2.21. The van der Waals surface area contributed by atoms with E-state index in [4.69, 9.17) is 9.47 Å². The van der Waals surface area contributed by atoms with Gasteiger partial charge < -0.3 is 14.8 Å². The van der Waals surface area contributed by atoms with E-state index in [1.54, 1.807) is 0 Å². The van der Waals surface area contributed by atoms with Crippen molar-refractivity contribution in [2.45, 2.75) is 26.2 Å². The number of amides is 1. The molecule has 1 N–H and O–H groups in total. The van der Waals surface area contributed by atoms with Gasteiger partial charge in [0, 0.05) is 37.2 Å². The van der Waals surface area contributed by atoms with Crippen LogP contribution in [0.25, 0.3) is 10.8 Å². The summed E-state index contributed by atoms with van der Waals surface area (Å²) in [5, 5.41) is 4.91. The van der Waals surface area contributed by atoms with E-state index in [0.29, 0.717) is 13.0 Å². The van der Waals surface area contributed by atoms with E-state index >= 15 is 0 Å². The van der Waals surface area contributed by atoms with E-state index in [-0.39, 0.29) is 5.91 Å². The maximum atomic E-state index is 11.0. The molecule has 5 nitrogen and oxygen atoms in total. The lowest BCUT2D eigenvalue weighted by molar-refractivity contribution is -0.118. The lowest BCUT2D eigenvalue weighted by Crippen LogP contribution is -2.22. The van der Waals surface area contributed by atoms with Crippen LogP contribution in [0.4, 0.5) is 0 Å². The minimum Gasteiger partial charge on any atom is -0.493 e. The number of rotatable bonds is 8. The van der Waals surface area contributed by atoms with Crippen molar-refractivity contribution in [1.29, 1.82) is 0 Å². The molecule has 0 atom stereocenters. The Morgan fingerprint density at radius 1 is 1.04 bits per heavy atom. The fourth-order valence-electron chi connectivity index (χ4n) is 2.97. The number of hydrogen-bond acceptors (Lipinski definition) is 4. The van der Waals surface area contributed by atoms with Crippen LogP contribution in [0.5, 0.6) is 17.2 Å². The first-order valence-electron chi connectivity index (χ1n) is 9.69.